The van der Waals surface area contributed by atoms with Crippen LogP contribution in [0.2, 0.25) is 0 Å². The van der Waals surface area contributed by atoms with Gasteiger partial charge in [-0.25, -0.2) is 0 Å². The highest BCUT2D eigenvalue weighted by Crippen LogP contribution is 2.22. The van der Waals surface area contributed by atoms with Gasteiger partial charge in [0.15, 0.2) is 0 Å². The zero-order valence-electron chi connectivity index (χ0n) is 7.94. The Hall–Kier alpha value is -1.24. The molecule has 0 aliphatic heterocycles. The molecule has 0 amide bonds. The van der Waals surface area contributed by atoms with Crippen LogP contribution in [-0.4, -0.2) is 7.05 Å². The third-order valence-electron chi connectivity index (χ3n) is 1.98. The zero-order chi connectivity index (χ0) is 9.14. The van der Waals surface area contributed by atoms with Crippen LogP contribution in [0.15, 0.2) is 18.7 Å². The van der Waals surface area contributed by atoms with E-state index in [1.54, 1.807) is 0 Å². The molecule has 0 aliphatic rings. The Morgan fingerprint density at radius 3 is 2.58 bits per heavy atom. The van der Waals surface area contributed by atoms with E-state index < -0.39 is 0 Å². The minimum atomic E-state index is 0. The molecule has 0 saturated carbocycles. The van der Waals surface area contributed by atoms with Crippen molar-refractivity contribution in [3.8, 4) is 0 Å². The Labute approximate surface area is 75.6 Å². The summed E-state index contributed by atoms with van der Waals surface area (Å²) in [6.45, 7) is 7.98. The van der Waals surface area contributed by atoms with Crippen molar-refractivity contribution in [2.24, 2.45) is 0 Å². The highest BCUT2D eigenvalue weighted by molar-refractivity contribution is 5.69. The van der Waals surface area contributed by atoms with Gasteiger partial charge < -0.3 is 5.32 Å². The third kappa shape index (κ3) is 1.50. The second-order valence-corrected chi connectivity index (χ2v) is 3.00. The van der Waals surface area contributed by atoms with Gasteiger partial charge in [-0.2, -0.15) is 0 Å². The molecule has 0 heterocycles. The lowest BCUT2D eigenvalue weighted by Crippen LogP contribution is -1.95. The molecule has 0 radical (unpaired) electrons. The topological polar surface area (TPSA) is 12.0 Å². The van der Waals surface area contributed by atoms with Crippen molar-refractivity contribution in [2.45, 2.75) is 13.8 Å². The molecule has 1 heteroatoms. The summed E-state index contributed by atoms with van der Waals surface area (Å²) in [6.07, 6.45) is 1.88. The average Bonchev–Trinajstić information content (AvgIpc) is 2.03. The van der Waals surface area contributed by atoms with Crippen LogP contribution in [-0.2, 0) is 0 Å². The van der Waals surface area contributed by atoms with Crippen molar-refractivity contribution in [1.29, 1.82) is 0 Å². The molecule has 0 fully saturated rings. The normalized spacial score (nSPS) is 9.58. The van der Waals surface area contributed by atoms with E-state index in [4.69, 9.17) is 0 Å². The van der Waals surface area contributed by atoms with Crippen molar-refractivity contribution in [2.75, 3.05) is 12.4 Å². The van der Waals surface area contributed by atoms with E-state index in [1.807, 2.05) is 13.1 Å². The molecule has 0 spiro atoms. The van der Waals surface area contributed by atoms with E-state index in [0.29, 0.717) is 0 Å². The van der Waals surface area contributed by atoms with Crippen molar-refractivity contribution < 1.29 is 1.43 Å². The summed E-state index contributed by atoms with van der Waals surface area (Å²) in [6, 6.07) is 4.30. The molecule has 1 aromatic rings. The van der Waals surface area contributed by atoms with Gasteiger partial charge in [-0.3, -0.25) is 0 Å². The second-order valence-electron chi connectivity index (χ2n) is 3.00. The molecule has 1 aromatic carbocycles. The van der Waals surface area contributed by atoms with Crippen LogP contribution in [0, 0.1) is 13.8 Å². The van der Waals surface area contributed by atoms with Gasteiger partial charge in [-0.15, -0.1) is 0 Å². The van der Waals surface area contributed by atoms with Gasteiger partial charge in [0.25, 0.3) is 0 Å². The Morgan fingerprint density at radius 2 is 2.08 bits per heavy atom. The summed E-state index contributed by atoms with van der Waals surface area (Å²) in [7, 11) is 1.94. The highest BCUT2D eigenvalue weighted by Gasteiger charge is 2.01. The monoisotopic (exact) mass is 163 g/mol. The van der Waals surface area contributed by atoms with Gasteiger partial charge in [-0.1, -0.05) is 24.3 Å². The lowest BCUT2D eigenvalue weighted by molar-refractivity contribution is 1.34. The van der Waals surface area contributed by atoms with Gasteiger partial charge >= 0.3 is 0 Å². The molecular weight excluding hydrogens is 146 g/mol. The molecule has 66 valence electrons. The standard InChI is InChI=1S/C11H15N.H2/c1-5-10-7-8(2)6-9(3)11(10)12-4;/h5-7,12H,1H2,2-4H3;1H. The van der Waals surface area contributed by atoms with E-state index in [1.165, 1.54) is 22.4 Å². The van der Waals surface area contributed by atoms with Crippen LogP contribution in [0.1, 0.15) is 18.1 Å². The summed E-state index contributed by atoms with van der Waals surface area (Å²) >= 11 is 0. The van der Waals surface area contributed by atoms with Gasteiger partial charge in [0.1, 0.15) is 0 Å². The largest absolute Gasteiger partial charge is 0.387 e. The fraction of sp³-hybridized carbons (Fsp3) is 0.273. The maximum Gasteiger partial charge on any atom is 0.0440 e. The third-order valence-corrected chi connectivity index (χ3v) is 1.98. The molecule has 0 bridgehead atoms. The van der Waals surface area contributed by atoms with Crippen molar-refractivity contribution in [1.82, 2.24) is 0 Å². The molecule has 0 atom stereocenters. The van der Waals surface area contributed by atoms with E-state index >= 15 is 0 Å². The lowest BCUT2D eigenvalue weighted by Gasteiger charge is -2.10. The van der Waals surface area contributed by atoms with E-state index in [9.17, 15) is 0 Å². The maximum absolute atomic E-state index is 3.78. The van der Waals surface area contributed by atoms with E-state index in [0.717, 1.165) is 0 Å². The molecule has 12 heavy (non-hydrogen) atoms. The Kier molecular flexibility index (Phi) is 2.54. The van der Waals surface area contributed by atoms with Crippen LogP contribution < -0.4 is 5.32 Å². The zero-order valence-corrected chi connectivity index (χ0v) is 7.94. The predicted molar refractivity (Wildman–Crippen MR) is 57.7 cm³/mol. The number of nitrogens with one attached hydrogen (secondary N) is 1. The number of hydrogen-bond acceptors (Lipinski definition) is 1. The summed E-state index contributed by atoms with van der Waals surface area (Å²) in [5.41, 5.74) is 4.90. The molecule has 0 unspecified atom stereocenters. The van der Waals surface area contributed by atoms with E-state index in [-0.39, 0.29) is 1.43 Å². The predicted octanol–water partition coefficient (Wildman–Crippen LogP) is 3.23. The molecule has 0 saturated heterocycles. The Bertz CT molecular complexity index is 305. The van der Waals surface area contributed by atoms with Gasteiger partial charge in [-0.05, 0) is 31.0 Å². The van der Waals surface area contributed by atoms with Crippen LogP contribution >= 0.6 is 0 Å². The fourth-order valence-electron chi connectivity index (χ4n) is 1.50. The fourth-order valence-corrected chi connectivity index (χ4v) is 1.50. The first-order valence-electron chi connectivity index (χ1n) is 4.10. The first-order chi connectivity index (χ1) is 5.69. The molecule has 0 aliphatic carbocycles. The molecule has 1 N–H and O–H groups in total. The summed E-state index contributed by atoms with van der Waals surface area (Å²) in [5, 5.41) is 3.17. The Morgan fingerprint density at radius 1 is 1.42 bits per heavy atom. The molecule has 1 nitrogen and oxygen atoms in total. The van der Waals surface area contributed by atoms with Gasteiger partial charge in [0.2, 0.25) is 0 Å². The van der Waals surface area contributed by atoms with Crippen molar-refractivity contribution >= 4 is 11.8 Å². The van der Waals surface area contributed by atoms with Crippen LogP contribution in [0.4, 0.5) is 5.69 Å². The maximum atomic E-state index is 3.78. The first-order valence-corrected chi connectivity index (χ1v) is 4.10. The van der Waals surface area contributed by atoms with Gasteiger partial charge in [0.05, 0.1) is 0 Å². The average molecular weight is 163 g/mol. The highest BCUT2D eigenvalue weighted by atomic mass is 14.8. The van der Waals surface area contributed by atoms with E-state index in [2.05, 4.69) is 37.9 Å². The molecule has 1 rings (SSSR count). The molecular formula is C11H17N. The lowest BCUT2D eigenvalue weighted by atomic mass is 10.0. The first kappa shape index (κ1) is 8.85. The molecule has 0 aromatic heterocycles. The van der Waals surface area contributed by atoms with Crippen molar-refractivity contribution in [3.05, 3.63) is 35.4 Å². The minimum Gasteiger partial charge on any atom is -0.387 e. The summed E-state index contributed by atoms with van der Waals surface area (Å²) in [5.74, 6) is 0. The quantitative estimate of drug-likeness (QED) is 0.705. The second kappa shape index (κ2) is 3.44. The number of aryl methyl sites for hydroxylation is 2. The van der Waals surface area contributed by atoms with Crippen molar-refractivity contribution in [3.63, 3.8) is 0 Å². The number of anilines is 1. The van der Waals surface area contributed by atoms with Gasteiger partial charge in [0, 0.05) is 14.2 Å². The Balaban J connectivity index is 0.00000144. The minimum absolute atomic E-state index is 0. The number of hydrogen-bond donors (Lipinski definition) is 1. The number of rotatable bonds is 2. The number of benzene rings is 1. The summed E-state index contributed by atoms with van der Waals surface area (Å²) in [4.78, 5) is 0. The summed E-state index contributed by atoms with van der Waals surface area (Å²) < 4.78 is 0. The van der Waals surface area contributed by atoms with Crippen LogP contribution in [0.5, 0.6) is 0 Å². The van der Waals surface area contributed by atoms with Crippen LogP contribution in [0.3, 0.4) is 0 Å². The SMILES string of the molecule is C=Cc1cc(C)cc(C)c1NC.[HH]. The smallest absolute Gasteiger partial charge is 0.0440 e. The van der Waals surface area contributed by atoms with Crippen LogP contribution in [0.25, 0.3) is 6.08 Å².